The Labute approximate surface area is 126 Å². The van der Waals surface area contributed by atoms with Crippen molar-refractivity contribution in [3.63, 3.8) is 0 Å². The number of rotatable bonds is 2. The third-order valence-corrected chi connectivity index (χ3v) is 4.78. The molecule has 0 spiro atoms. The fourth-order valence-electron chi connectivity index (χ4n) is 3.55. The number of anilines is 1. The lowest BCUT2D eigenvalue weighted by Crippen LogP contribution is -2.37. The lowest BCUT2D eigenvalue weighted by Gasteiger charge is -2.29. The summed E-state index contributed by atoms with van der Waals surface area (Å²) in [6.07, 6.45) is 3.89. The third kappa shape index (κ3) is 2.67. The van der Waals surface area contributed by atoms with Crippen LogP contribution in [0.2, 0.25) is 0 Å². The second kappa shape index (κ2) is 5.70. The molecule has 0 aromatic heterocycles. The number of aryl methyl sites for hydroxylation is 1. The van der Waals surface area contributed by atoms with E-state index >= 15 is 0 Å². The third-order valence-electron chi connectivity index (χ3n) is 4.56. The zero-order chi connectivity index (χ0) is 14.1. The minimum Gasteiger partial charge on any atom is -0.389 e. The Morgan fingerprint density at radius 3 is 2.85 bits per heavy atom. The molecule has 0 aliphatic carbocycles. The van der Waals surface area contributed by atoms with Crippen molar-refractivity contribution in [3.05, 3.63) is 29.3 Å². The molecule has 2 heterocycles. The van der Waals surface area contributed by atoms with E-state index in [0.29, 0.717) is 11.0 Å². The second-order valence-electron chi connectivity index (χ2n) is 6.02. The Morgan fingerprint density at radius 2 is 2.05 bits per heavy atom. The van der Waals surface area contributed by atoms with Crippen LogP contribution in [0, 0.1) is 6.92 Å². The van der Waals surface area contributed by atoms with Crippen LogP contribution in [0.3, 0.4) is 0 Å². The van der Waals surface area contributed by atoms with Crippen molar-refractivity contribution in [2.75, 3.05) is 31.1 Å². The summed E-state index contributed by atoms with van der Waals surface area (Å²) in [7, 11) is 0. The molecular formula is C16H23N3S. The normalized spacial score (nSPS) is 23.4. The Kier molecular flexibility index (Phi) is 3.94. The van der Waals surface area contributed by atoms with Crippen LogP contribution in [-0.4, -0.2) is 42.1 Å². The van der Waals surface area contributed by atoms with Gasteiger partial charge in [-0.3, -0.25) is 4.90 Å². The molecule has 1 aromatic rings. The smallest absolute Gasteiger partial charge is 0.106 e. The minimum atomic E-state index is 0.510. The van der Waals surface area contributed by atoms with Gasteiger partial charge < -0.3 is 10.6 Å². The summed E-state index contributed by atoms with van der Waals surface area (Å²) in [5.41, 5.74) is 9.40. The Bertz CT molecular complexity index is 514. The van der Waals surface area contributed by atoms with Crippen LogP contribution < -0.4 is 10.6 Å². The number of hydrogen-bond acceptors (Lipinski definition) is 3. The van der Waals surface area contributed by atoms with Gasteiger partial charge in [0.05, 0.1) is 0 Å². The van der Waals surface area contributed by atoms with Crippen molar-refractivity contribution in [2.45, 2.75) is 32.2 Å². The van der Waals surface area contributed by atoms with Crippen LogP contribution in [0.15, 0.2) is 18.2 Å². The topological polar surface area (TPSA) is 32.5 Å². The first-order valence-corrected chi connectivity index (χ1v) is 7.95. The highest BCUT2D eigenvalue weighted by Crippen LogP contribution is 2.28. The van der Waals surface area contributed by atoms with Crippen molar-refractivity contribution in [2.24, 2.45) is 5.73 Å². The van der Waals surface area contributed by atoms with Gasteiger partial charge in [-0.1, -0.05) is 23.8 Å². The van der Waals surface area contributed by atoms with Gasteiger partial charge in [0.2, 0.25) is 0 Å². The fraction of sp³-hybridized carbons (Fsp3) is 0.562. The molecule has 2 aliphatic heterocycles. The summed E-state index contributed by atoms with van der Waals surface area (Å²) < 4.78 is 0. The first-order chi connectivity index (χ1) is 9.65. The molecule has 4 heteroatoms. The van der Waals surface area contributed by atoms with Crippen molar-refractivity contribution in [1.29, 1.82) is 0 Å². The standard InChI is InChI=1S/C16H23N3S/c1-12-5-6-15(14(10-12)16(17)20)19-9-3-8-18-7-2-4-13(18)11-19/h5-6,10,13H,2-4,7-9,11H2,1H3,(H2,17,20). The first-order valence-electron chi connectivity index (χ1n) is 7.54. The van der Waals surface area contributed by atoms with Crippen molar-refractivity contribution >= 4 is 22.9 Å². The molecule has 0 radical (unpaired) electrons. The second-order valence-corrected chi connectivity index (χ2v) is 6.46. The van der Waals surface area contributed by atoms with Crippen molar-refractivity contribution in [1.82, 2.24) is 4.90 Å². The van der Waals surface area contributed by atoms with Crippen LogP contribution in [0.25, 0.3) is 0 Å². The number of thiocarbonyl (C=S) groups is 1. The summed E-state index contributed by atoms with van der Waals surface area (Å²) in [5.74, 6) is 0. The Morgan fingerprint density at radius 1 is 1.25 bits per heavy atom. The monoisotopic (exact) mass is 289 g/mol. The van der Waals surface area contributed by atoms with E-state index in [1.54, 1.807) is 0 Å². The highest BCUT2D eigenvalue weighted by atomic mass is 32.1. The molecule has 0 amide bonds. The Balaban J connectivity index is 1.89. The van der Waals surface area contributed by atoms with E-state index in [1.807, 2.05) is 0 Å². The lowest BCUT2D eigenvalue weighted by molar-refractivity contribution is 0.273. The predicted octanol–water partition coefficient (Wildman–Crippen LogP) is 2.30. The number of nitrogens with two attached hydrogens (primary N) is 1. The number of fused-ring (bicyclic) bond motifs is 1. The summed E-state index contributed by atoms with van der Waals surface area (Å²) in [4.78, 5) is 5.65. The number of nitrogens with zero attached hydrogens (tertiary/aromatic N) is 2. The molecule has 0 saturated carbocycles. The molecule has 3 nitrogen and oxygen atoms in total. The van der Waals surface area contributed by atoms with Gasteiger partial charge in [-0.25, -0.2) is 0 Å². The minimum absolute atomic E-state index is 0.510. The maximum absolute atomic E-state index is 5.93. The zero-order valence-corrected chi connectivity index (χ0v) is 13.0. The van der Waals surface area contributed by atoms with E-state index < -0.39 is 0 Å². The maximum Gasteiger partial charge on any atom is 0.106 e. The average Bonchev–Trinajstić information content (AvgIpc) is 2.76. The Hall–Kier alpha value is -1.13. The summed E-state index contributed by atoms with van der Waals surface area (Å²) in [6.45, 7) is 6.81. The molecule has 2 fully saturated rings. The number of benzene rings is 1. The van der Waals surface area contributed by atoms with Gasteiger partial charge >= 0.3 is 0 Å². The fourth-order valence-corrected chi connectivity index (χ4v) is 3.71. The van der Waals surface area contributed by atoms with E-state index in [1.165, 1.54) is 43.6 Å². The van der Waals surface area contributed by atoms with Gasteiger partial charge in [0.25, 0.3) is 0 Å². The molecule has 1 atom stereocenters. The maximum atomic E-state index is 5.93. The van der Waals surface area contributed by atoms with Crippen LogP contribution in [-0.2, 0) is 0 Å². The van der Waals surface area contributed by atoms with Gasteiger partial charge in [0.1, 0.15) is 4.99 Å². The molecule has 2 aliphatic rings. The molecule has 108 valence electrons. The molecule has 1 aromatic carbocycles. The molecular weight excluding hydrogens is 266 g/mol. The van der Waals surface area contributed by atoms with Gasteiger partial charge in [-0.2, -0.15) is 0 Å². The molecule has 2 saturated heterocycles. The first kappa shape index (κ1) is 13.8. The number of hydrogen-bond donors (Lipinski definition) is 1. The van der Waals surface area contributed by atoms with Gasteiger partial charge in [0, 0.05) is 36.9 Å². The van der Waals surface area contributed by atoms with E-state index in [9.17, 15) is 0 Å². The lowest BCUT2D eigenvalue weighted by atomic mass is 10.1. The molecule has 3 rings (SSSR count). The molecule has 20 heavy (non-hydrogen) atoms. The predicted molar refractivity (Wildman–Crippen MR) is 88.5 cm³/mol. The zero-order valence-electron chi connectivity index (χ0n) is 12.1. The summed E-state index contributed by atoms with van der Waals surface area (Å²) in [5, 5.41) is 0. The van der Waals surface area contributed by atoms with Crippen LogP contribution >= 0.6 is 12.2 Å². The van der Waals surface area contributed by atoms with Gasteiger partial charge in [-0.05, 0) is 44.9 Å². The molecule has 2 N–H and O–H groups in total. The van der Waals surface area contributed by atoms with Crippen LogP contribution in [0.4, 0.5) is 5.69 Å². The largest absolute Gasteiger partial charge is 0.389 e. The van der Waals surface area contributed by atoms with Gasteiger partial charge in [0.15, 0.2) is 0 Å². The van der Waals surface area contributed by atoms with Gasteiger partial charge in [-0.15, -0.1) is 0 Å². The average molecular weight is 289 g/mol. The van der Waals surface area contributed by atoms with Crippen LogP contribution in [0.1, 0.15) is 30.4 Å². The SMILES string of the molecule is Cc1ccc(N2CCCN3CCCC3C2)c(C(N)=S)c1. The summed E-state index contributed by atoms with van der Waals surface area (Å²) >= 11 is 5.25. The van der Waals surface area contributed by atoms with E-state index in [2.05, 4.69) is 34.9 Å². The quantitative estimate of drug-likeness (QED) is 0.847. The van der Waals surface area contributed by atoms with E-state index in [0.717, 1.165) is 18.7 Å². The molecule has 0 bridgehead atoms. The van der Waals surface area contributed by atoms with E-state index in [-0.39, 0.29) is 0 Å². The molecule has 1 unspecified atom stereocenters. The highest BCUT2D eigenvalue weighted by Gasteiger charge is 2.29. The van der Waals surface area contributed by atoms with E-state index in [4.69, 9.17) is 18.0 Å². The van der Waals surface area contributed by atoms with Crippen LogP contribution in [0.5, 0.6) is 0 Å². The van der Waals surface area contributed by atoms with Crippen molar-refractivity contribution < 1.29 is 0 Å². The summed E-state index contributed by atoms with van der Waals surface area (Å²) in [6, 6.07) is 7.18. The van der Waals surface area contributed by atoms with Crippen molar-refractivity contribution in [3.8, 4) is 0 Å². The highest BCUT2D eigenvalue weighted by molar-refractivity contribution is 7.80.